The van der Waals surface area contributed by atoms with Crippen molar-refractivity contribution in [3.63, 3.8) is 0 Å². The maximum atomic E-state index is 12.5. The third-order valence-corrected chi connectivity index (χ3v) is 4.08. The molecule has 0 aliphatic rings. The van der Waals surface area contributed by atoms with Gasteiger partial charge in [0.2, 0.25) is 0 Å². The maximum absolute atomic E-state index is 12.5. The second kappa shape index (κ2) is 8.38. The standard InChI is InChI=1S/C21H17ClN2O3/c1-27-19-12-7-15(22)13-18(19)21(26)24-17-10-8-16(9-11-17)23-20(25)14-5-3-2-4-6-14/h2-13H,1H3,(H,23,25)(H,24,26). The molecule has 0 heterocycles. The van der Waals surface area contributed by atoms with Crippen molar-refractivity contribution in [2.24, 2.45) is 0 Å². The van der Waals surface area contributed by atoms with Crippen LogP contribution < -0.4 is 15.4 Å². The van der Waals surface area contributed by atoms with Gasteiger partial charge in [-0.25, -0.2) is 0 Å². The van der Waals surface area contributed by atoms with Crippen LogP contribution in [0.25, 0.3) is 0 Å². The Kier molecular flexibility index (Phi) is 5.74. The topological polar surface area (TPSA) is 67.4 Å². The van der Waals surface area contributed by atoms with Crippen LogP contribution in [0.1, 0.15) is 20.7 Å². The fourth-order valence-corrected chi connectivity index (χ4v) is 2.66. The van der Waals surface area contributed by atoms with Crippen LogP contribution in [0.15, 0.2) is 72.8 Å². The highest BCUT2D eigenvalue weighted by molar-refractivity contribution is 6.31. The molecule has 0 saturated carbocycles. The molecular formula is C21H17ClN2O3. The summed E-state index contributed by atoms with van der Waals surface area (Å²) >= 11 is 5.96. The summed E-state index contributed by atoms with van der Waals surface area (Å²) in [5.41, 5.74) is 2.12. The van der Waals surface area contributed by atoms with E-state index in [-0.39, 0.29) is 11.8 Å². The average Bonchev–Trinajstić information content (AvgIpc) is 2.70. The van der Waals surface area contributed by atoms with Gasteiger partial charge in [-0.2, -0.15) is 0 Å². The van der Waals surface area contributed by atoms with E-state index in [1.54, 1.807) is 66.7 Å². The van der Waals surface area contributed by atoms with E-state index in [0.29, 0.717) is 33.3 Å². The molecule has 0 aromatic heterocycles. The molecule has 0 unspecified atom stereocenters. The molecular weight excluding hydrogens is 364 g/mol. The van der Waals surface area contributed by atoms with Gasteiger partial charge in [0.1, 0.15) is 5.75 Å². The Bertz CT molecular complexity index is 957. The molecule has 0 radical (unpaired) electrons. The monoisotopic (exact) mass is 380 g/mol. The Hall–Kier alpha value is -3.31. The molecule has 2 N–H and O–H groups in total. The number of benzene rings is 3. The molecule has 0 aliphatic carbocycles. The van der Waals surface area contributed by atoms with Gasteiger partial charge in [0.05, 0.1) is 12.7 Å². The predicted molar refractivity (Wildman–Crippen MR) is 107 cm³/mol. The smallest absolute Gasteiger partial charge is 0.259 e. The molecule has 3 aromatic rings. The zero-order valence-electron chi connectivity index (χ0n) is 14.5. The number of carbonyl (C=O) groups excluding carboxylic acids is 2. The Balaban J connectivity index is 1.68. The number of anilines is 2. The molecule has 0 aliphatic heterocycles. The number of nitrogens with one attached hydrogen (secondary N) is 2. The first kappa shape index (κ1) is 18.5. The fourth-order valence-electron chi connectivity index (χ4n) is 2.49. The number of ether oxygens (including phenoxy) is 1. The third-order valence-electron chi connectivity index (χ3n) is 3.84. The van der Waals surface area contributed by atoms with Crippen LogP contribution in [0.3, 0.4) is 0 Å². The van der Waals surface area contributed by atoms with Crippen LogP contribution >= 0.6 is 11.6 Å². The van der Waals surface area contributed by atoms with Crippen LogP contribution in [-0.4, -0.2) is 18.9 Å². The molecule has 5 nitrogen and oxygen atoms in total. The van der Waals surface area contributed by atoms with Crippen molar-refractivity contribution in [1.82, 2.24) is 0 Å². The summed E-state index contributed by atoms with van der Waals surface area (Å²) in [6, 6.07) is 20.6. The zero-order valence-corrected chi connectivity index (χ0v) is 15.3. The SMILES string of the molecule is COc1ccc(Cl)cc1C(=O)Nc1ccc(NC(=O)c2ccccc2)cc1. The minimum absolute atomic E-state index is 0.198. The summed E-state index contributed by atoms with van der Waals surface area (Å²) in [4.78, 5) is 24.6. The zero-order chi connectivity index (χ0) is 19.2. The van der Waals surface area contributed by atoms with E-state index in [9.17, 15) is 9.59 Å². The molecule has 0 spiro atoms. The quantitative estimate of drug-likeness (QED) is 0.664. The Morgan fingerprint density at radius 3 is 2.00 bits per heavy atom. The van der Waals surface area contributed by atoms with E-state index in [1.807, 2.05) is 6.07 Å². The van der Waals surface area contributed by atoms with Crippen LogP contribution in [0.4, 0.5) is 11.4 Å². The summed E-state index contributed by atoms with van der Waals surface area (Å²) in [5.74, 6) is -0.102. The first-order chi connectivity index (χ1) is 13.1. The van der Waals surface area contributed by atoms with Gasteiger partial charge in [0, 0.05) is 22.0 Å². The van der Waals surface area contributed by atoms with Crippen molar-refractivity contribution in [3.8, 4) is 5.75 Å². The van der Waals surface area contributed by atoms with E-state index in [2.05, 4.69) is 10.6 Å². The van der Waals surface area contributed by atoms with E-state index in [1.165, 1.54) is 7.11 Å². The first-order valence-corrected chi connectivity index (χ1v) is 8.56. The minimum Gasteiger partial charge on any atom is -0.496 e. The van der Waals surface area contributed by atoms with E-state index >= 15 is 0 Å². The van der Waals surface area contributed by atoms with Gasteiger partial charge in [0.15, 0.2) is 0 Å². The van der Waals surface area contributed by atoms with Crippen LogP contribution in [0.2, 0.25) is 5.02 Å². The molecule has 0 bridgehead atoms. The number of carbonyl (C=O) groups is 2. The van der Waals surface area contributed by atoms with Crippen LogP contribution in [0, 0.1) is 0 Å². The molecule has 2 amide bonds. The van der Waals surface area contributed by atoms with Gasteiger partial charge in [0.25, 0.3) is 11.8 Å². The summed E-state index contributed by atoms with van der Waals surface area (Å²) in [6.07, 6.45) is 0. The molecule has 0 fully saturated rings. The van der Waals surface area contributed by atoms with Gasteiger partial charge >= 0.3 is 0 Å². The number of hydrogen-bond donors (Lipinski definition) is 2. The van der Waals surface area contributed by atoms with Crippen molar-refractivity contribution in [1.29, 1.82) is 0 Å². The van der Waals surface area contributed by atoms with Crippen molar-refractivity contribution in [2.45, 2.75) is 0 Å². The lowest BCUT2D eigenvalue weighted by Gasteiger charge is -2.11. The lowest BCUT2D eigenvalue weighted by molar-refractivity contribution is 0.101. The van der Waals surface area contributed by atoms with Gasteiger partial charge in [-0.3, -0.25) is 9.59 Å². The molecule has 6 heteroatoms. The normalized spacial score (nSPS) is 10.1. The Labute approximate surface area is 161 Å². The van der Waals surface area contributed by atoms with Gasteiger partial charge in [-0.05, 0) is 54.6 Å². The highest BCUT2D eigenvalue weighted by atomic mass is 35.5. The molecule has 3 rings (SSSR count). The molecule has 136 valence electrons. The second-order valence-corrected chi connectivity index (χ2v) is 6.13. The van der Waals surface area contributed by atoms with E-state index in [4.69, 9.17) is 16.3 Å². The largest absolute Gasteiger partial charge is 0.496 e. The van der Waals surface area contributed by atoms with Gasteiger partial charge < -0.3 is 15.4 Å². The summed E-state index contributed by atoms with van der Waals surface area (Å²) in [6.45, 7) is 0. The third kappa shape index (κ3) is 4.65. The minimum atomic E-state index is -0.338. The molecule has 0 saturated heterocycles. The van der Waals surface area contributed by atoms with E-state index in [0.717, 1.165) is 0 Å². The summed E-state index contributed by atoms with van der Waals surface area (Å²) < 4.78 is 5.20. The number of halogens is 1. The number of rotatable bonds is 5. The highest BCUT2D eigenvalue weighted by Crippen LogP contribution is 2.24. The van der Waals surface area contributed by atoms with Crippen molar-refractivity contribution >= 4 is 34.8 Å². The number of amides is 2. The summed E-state index contributed by atoms with van der Waals surface area (Å²) in [5, 5.41) is 6.03. The average molecular weight is 381 g/mol. The van der Waals surface area contributed by atoms with Gasteiger partial charge in [-0.15, -0.1) is 0 Å². The van der Waals surface area contributed by atoms with Gasteiger partial charge in [-0.1, -0.05) is 29.8 Å². The molecule has 0 atom stereocenters. The van der Waals surface area contributed by atoms with Crippen molar-refractivity contribution in [3.05, 3.63) is 88.9 Å². The molecule has 27 heavy (non-hydrogen) atoms. The maximum Gasteiger partial charge on any atom is 0.259 e. The predicted octanol–water partition coefficient (Wildman–Crippen LogP) is 4.85. The summed E-state index contributed by atoms with van der Waals surface area (Å²) in [7, 11) is 1.49. The van der Waals surface area contributed by atoms with E-state index < -0.39 is 0 Å². The highest BCUT2D eigenvalue weighted by Gasteiger charge is 2.13. The van der Waals surface area contributed by atoms with Crippen molar-refractivity contribution < 1.29 is 14.3 Å². The molecule has 3 aromatic carbocycles. The number of hydrogen-bond acceptors (Lipinski definition) is 3. The fraction of sp³-hybridized carbons (Fsp3) is 0.0476. The van der Waals surface area contributed by atoms with Crippen molar-refractivity contribution in [2.75, 3.05) is 17.7 Å². The lowest BCUT2D eigenvalue weighted by Crippen LogP contribution is -2.14. The second-order valence-electron chi connectivity index (χ2n) is 5.70. The van der Waals surface area contributed by atoms with Crippen LogP contribution in [0.5, 0.6) is 5.75 Å². The number of methoxy groups -OCH3 is 1. The van der Waals surface area contributed by atoms with Crippen LogP contribution in [-0.2, 0) is 0 Å². The first-order valence-electron chi connectivity index (χ1n) is 8.18. The lowest BCUT2D eigenvalue weighted by atomic mass is 10.1. The Morgan fingerprint density at radius 2 is 1.41 bits per heavy atom. The Morgan fingerprint density at radius 1 is 0.815 bits per heavy atom.